The van der Waals surface area contributed by atoms with Gasteiger partial charge in [-0.1, -0.05) is 6.92 Å². The minimum absolute atomic E-state index is 0.00306. The molecule has 6 nitrogen and oxygen atoms in total. The summed E-state index contributed by atoms with van der Waals surface area (Å²) in [6.45, 7) is 4.30. The second-order valence-electron chi connectivity index (χ2n) is 4.61. The van der Waals surface area contributed by atoms with Crippen LogP contribution in [0.5, 0.6) is 0 Å². The van der Waals surface area contributed by atoms with E-state index in [0.29, 0.717) is 12.2 Å². The maximum atomic E-state index is 6.25. The fourth-order valence-electron chi connectivity index (χ4n) is 1.73. The van der Waals surface area contributed by atoms with Crippen molar-refractivity contribution in [1.82, 2.24) is 25.1 Å². The largest absolute Gasteiger partial charge is 0.326 e. The van der Waals surface area contributed by atoms with Gasteiger partial charge < -0.3 is 10.6 Å². The monoisotopic (exact) mass is 226 g/mol. The molecule has 0 radical (unpaired) electrons. The highest BCUT2D eigenvalue weighted by molar-refractivity contribution is 4.97. The number of aryl methyl sites for hydroxylation is 1. The summed E-state index contributed by atoms with van der Waals surface area (Å²) in [7, 11) is 5.86. The first-order chi connectivity index (χ1) is 7.40. The molecule has 6 heteroatoms. The smallest absolute Gasteiger partial charge is 0.176 e. The van der Waals surface area contributed by atoms with Crippen molar-refractivity contribution in [2.75, 3.05) is 14.1 Å². The molecule has 0 aliphatic heterocycles. The van der Waals surface area contributed by atoms with Crippen molar-refractivity contribution in [2.24, 2.45) is 12.8 Å². The molecule has 0 saturated carbocycles. The van der Waals surface area contributed by atoms with Gasteiger partial charge in [-0.3, -0.25) is 0 Å². The molecule has 2 N–H and O–H groups in total. The van der Waals surface area contributed by atoms with Crippen molar-refractivity contribution in [2.45, 2.75) is 38.3 Å². The van der Waals surface area contributed by atoms with Gasteiger partial charge in [-0.05, 0) is 32.7 Å². The standard InChI is InChI=1S/C10H22N6/c1-6-10(2,15(3)4)8(11)7-9-12-14-16(5)13-9/h8H,6-7,11H2,1-5H3. The summed E-state index contributed by atoms with van der Waals surface area (Å²) in [5.41, 5.74) is 6.20. The van der Waals surface area contributed by atoms with E-state index in [1.807, 2.05) is 14.1 Å². The van der Waals surface area contributed by atoms with E-state index in [4.69, 9.17) is 5.73 Å². The Morgan fingerprint density at radius 2 is 2.12 bits per heavy atom. The van der Waals surface area contributed by atoms with Gasteiger partial charge in [-0.2, -0.15) is 4.80 Å². The van der Waals surface area contributed by atoms with Gasteiger partial charge in [0, 0.05) is 18.0 Å². The molecule has 1 aromatic rings. The summed E-state index contributed by atoms with van der Waals surface area (Å²) < 4.78 is 0. The Bertz CT molecular complexity index is 334. The zero-order chi connectivity index (χ0) is 12.3. The molecule has 1 rings (SSSR count). The van der Waals surface area contributed by atoms with Crippen molar-refractivity contribution < 1.29 is 0 Å². The number of hydrogen-bond donors (Lipinski definition) is 1. The van der Waals surface area contributed by atoms with Gasteiger partial charge in [0.1, 0.15) is 0 Å². The van der Waals surface area contributed by atoms with E-state index in [9.17, 15) is 0 Å². The molecule has 0 amide bonds. The number of nitrogens with two attached hydrogens (primary N) is 1. The molecule has 0 aliphatic rings. The fourth-order valence-corrected chi connectivity index (χ4v) is 1.73. The fraction of sp³-hybridized carbons (Fsp3) is 0.900. The first-order valence-corrected chi connectivity index (χ1v) is 5.56. The topological polar surface area (TPSA) is 72.9 Å². The van der Waals surface area contributed by atoms with Crippen molar-refractivity contribution in [1.29, 1.82) is 0 Å². The van der Waals surface area contributed by atoms with Crippen LogP contribution in [0.3, 0.4) is 0 Å². The Labute approximate surface area is 96.8 Å². The van der Waals surface area contributed by atoms with Crippen LogP contribution in [0.15, 0.2) is 0 Å². The second-order valence-corrected chi connectivity index (χ2v) is 4.61. The van der Waals surface area contributed by atoms with Crippen molar-refractivity contribution in [3.63, 3.8) is 0 Å². The van der Waals surface area contributed by atoms with Crippen molar-refractivity contribution >= 4 is 0 Å². The van der Waals surface area contributed by atoms with Crippen LogP contribution < -0.4 is 5.73 Å². The van der Waals surface area contributed by atoms with Gasteiger partial charge >= 0.3 is 0 Å². The van der Waals surface area contributed by atoms with E-state index < -0.39 is 0 Å². The quantitative estimate of drug-likeness (QED) is 0.753. The summed E-state index contributed by atoms with van der Waals surface area (Å²) in [4.78, 5) is 3.62. The molecule has 0 spiro atoms. The van der Waals surface area contributed by atoms with Crippen LogP contribution in [-0.2, 0) is 13.5 Å². The van der Waals surface area contributed by atoms with Gasteiger partial charge in [-0.25, -0.2) is 0 Å². The van der Waals surface area contributed by atoms with Crippen LogP contribution >= 0.6 is 0 Å². The molecular weight excluding hydrogens is 204 g/mol. The Morgan fingerprint density at radius 3 is 2.50 bits per heavy atom. The summed E-state index contributed by atoms with van der Waals surface area (Å²) in [5, 5.41) is 11.9. The average Bonchev–Trinajstić information content (AvgIpc) is 2.62. The highest BCUT2D eigenvalue weighted by Gasteiger charge is 2.32. The second kappa shape index (κ2) is 4.88. The first kappa shape index (κ1) is 13.1. The third-order valence-corrected chi connectivity index (χ3v) is 3.49. The Hall–Kier alpha value is -1.01. The highest BCUT2D eigenvalue weighted by Crippen LogP contribution is 2.21. The highest BCUT2D eigenvalue weighted by atomic mass is 15.6. The Balaban J connectivity index is 2.73. The van der Waals surface area contributed by atoms with Crippen LogP contribution in [0.25, 0.3) is 0 Å². The lowest BCUT2D eigenvalue weighted by Crippen LogP contribution is -2.55. The number of tetrazole rings is 1. The van der Waals surface area contributed by atoms with Crippen LogP contribution in [0.2, 0.25) is 0 Å². The normalized spacial score (nSPS) is 17.4. The molecule has 92 valence electrons. The third kappa shape index (κ3) is 2.56. The van der Waals surface area contributed by atoms with Crippen LogP contribution in [-0.4, -0.2) is 50.8 Å². The lowest BCUT2D eigenvalue weighted by molar-refractivity contribution is 0.130. The summed E-state index contributed by atoms with van der Waals surface area (Å²) in [6, 6.07) is -0.00306. The zero-order valence-corrected chi connectivity index (χ0v) is 10.8. The molecule has 0 saturated heterocycles. The predicted molar refractivity (Wildman–Crippen MR) is 62.9 cm³/mol. The molecule has 0 fully saturated rings. The van der Waals surface area contributed by atoms with Gasteiger partial charge in [0.2, 0.25) is 0 Å². The van der Waals surface area contributed by atoms with Gasteiger partial charge in [0.05, 0.1) is 7.05 Å². The van der Waals surface area contributed by atoms with E-state index in [-0.39, 0.29) is 11.6 Å². The van der Waals surface area contributed by atoms with Crippen LogP contribution in [0.1, 0.15) is 26.1 Å². The van der Waals surface area contributed by atoms with Crippen molar-refractivity contribution in [3.05, 3.63) is 5.82 Å². The molecule has 2 unspecified atom stereocenters. The molecule has 0 aromatic carbocycles. The van der Waals surface area contributed by atoms with E-state index in [1.165, 1.54) is 4.80 Å². The van der Waals surface area contributed by atoms with Crippen molar-refractivity contribution in [3.8, 4) is 0 Å². The SMILES string of the molecule is CCC(C)(C(N)Cc1nnn(C)n1)N(C)C. The van der Waals surface area contributed by atoms with Gasteiger partial charge in [0.25, 0.3) is 0 Å². The molecule has 0 aliphatic carbocycles. The molecule has 1 heterocycles. The van der Waals surface area contributed by atoms with Crippen LogP contribution in [0.4, 0.5) is 0 Å². The number of nitrogens with zero attached hydrogens (tertiary/aromatic N) is 5. The maximum absolute atomic E-state index is 6.25. The molecule has 16 heavy (non-hydrogen) atoms. The average molecular weight is 226 g/mol. The molecular formula is C10H22N6. The van der Waals surface area contributed by atoms with E-state index >= 15 is 0 Å². The number of rotatable bonds is 5. The summed E-state index contributed by atoms with van der Waals surface area (Å²) in [6.07, 6.45) is 1.64. The molecule has 1 aromatic heterocycles. The maximum Gasteiger partial charge on any atom is 0.176 e. The van der Waals surface area contributed by atoms with E-state index in [0.717, 1.165) is 6.42 Å². The Morgan fingerprint density at radius 1 is 1.50 bits per heavy atom. The van der Waals surface area contributed by atoms with Gasteiger partial charge in [0.15, 0.2) is 5.82 Å². The number of likely N-dealkylation sites (N-methyl/N-ethyl adjacent to an activating group) is 1. The Kier molecular flexibility index (Phi) is 3.98. The lowest BCUT2D eigenvalue weighted by Gasteiger charge is -2.40. The summed E-state index contributed by atoms with van der Waals surface area (Å²) in [5.74, 6) is 0.705. The third-order valence-electron chi connectivity index (χ3n) is 3.49. The molecule has 2 atom stereocenters. The first-order valence-electron chi connectivity index (χ1n) is 5.56. The lowest BCUT2D eigenvalue weighted by atomic mass is 9.86. The summed E-state index contributed by atoms with van der Waals surface area (Å²) >= 11 is 0. The van der Waals surface area contributed by atoms with Crippen LogP contribution in [0, 0.1) is 0 Å². The number of hydrogen-bond acceptors (Lipinski definition) is 5. The van der Waals surface area contributed by atoms with E-state index in [1.54, 1.807) is 7.05 Å². The predicted octanol–water partition coefficient (Wildman–Crippen LogP) is -0.190. The minimum Gasteiger partial charge on any atom is -0.326 e. The van der Waals surface area contributed by atoms with E-state index in [2.05, 4.69) is 34.2 Å². The number of aromatic nitrogens is 4. The van der Waals surface area contributed by atoms with Gasteiger partial charge in [-0.15, -0.1) is 10.2 Å². The zero-order valence-electron chi connectivity index (χ0n) is 10.8. The molecule has 0 bridgehead atoms. The minimum atomic E-state index is -0.0425.